The monoisotopic (exact) mass is 617 g/mol. The van der Waals surface area contributed by atoms with E-state index in [1.54, 1.807) is 11.3 Å². The fraction of sp³-hybridized carbons (Fsp3) is 0. The minimum absolute atomic E-state index is 0.648. The van der Waals surface area contributed by atoms with Crippen LogP contribution in [0.15, 0.2) is 164 Å². The molecule has 0 amide bonds. The van der Waals surface area contributed by atoms with Crippen LogP contribution in [0.5, 0.6) is 0 Å². The second-order valence-corrected chi connectivity index (χ2v) is 12.6. The van der Waals surface area contributed by atoms with E-state index in [9.17, 15) is 0 Å². The van der Waals surface area contributed by atoms with Crippen molar-refractivity contribution in [3.05, 3.63) is 164 Å². The fourth-order valence-corrected chi connectivity index (χ4v) is 7.78. The van der Waals surface area contributed by atoms with Crippen LogP contribution in [0.3, 0.4) is 0 Å². The average molecular weight is 618 g/mol. The second-order valence-electron chi connectivity index (χ2n) is 11.6. The third-order valence-electron chi connectivity index (χ3n) is 8.77. The molecule has 7 aromatic carbocycles. The van der Waals surface area contributed by atoms with Gasteiger partial charge < -0.3 is 0 Å². The Morgan fingerprint density at radius 2 is 0.894 bits per heavy atom. The van der Waals surface area contributed by atoms with Crippen molar-refractivity contribution < 1.29 is 0 Å². The molecule has 2 aromatic heterocycles. The molecule has 0 saturated carbocycles. The van der Waals surface area contributed by atoms with E-state index >= 15 is 0 Å². The zero-order chi connectivity index (χ0) is 31.2. The van der Waals surface area contributed by atoms with E-state index in [-0.39, 0.29) is 0 Å². The Kier molecular flexibility index (Phi) is 6.65. The molecule has 47 heavy (non-hydrogen) atoms. The lowest BCUT2D eigenvalue weighted by Crippen LogP contribution is -2.02. The SMILES string of the molecule is c1ccc(-c2ccccc2-c2nc(-c3c(-c4ccccc4)ccc4ccccc34)nc(-c3cccc4c3sc3ccccc34)n2)cc1. The summed E-state index contributed by atoms with van der Waals surface area (Å²) in [6.45, 7) is 0. The van der Waals surface area contributed by atoms with E-state index in [4.69, 9.17) is 15.0 Å². The summed E-state index contributed by atoms with van der Waals surface area (Å²) in [6, 6.07) is 57.3. The average Bonchev–Trinajstić information content (AvgIpc) is 3.54. The second kappa shape index (κ2) is 11.4. The summed E-state index contributed by atoms with van der Waals surface area (Å²) in [5, 5.41) is 4.71. The number of fused-ring (bicyclic) bond motifs is 4. The van der Waals surface area contributed by atoms with Gasteiger partial charge in [-0.2, -0.15) is 0 Å². The molecule has 220 valence electrons. The van der Waals surface area contributed by atoms with Crippen molar-refractivity contribution in [1.82, 2.24) is 15.0 Å². The Hall–Kier alpha value is -5.97. The number of nitrogens with zero attached hydrogens (tertiary/aromatic N) is 3. The molecule has 0 saturated heterocycles. The van der Waals surface area contributed by atoms with Gasteiger partial charge in [0.05, 0.1) is 0 Å². The highest BCUT2D eigenvalue weighted by molar-refractivity contribution is 7.26. The standard InChI is InChI=1S/C43H27N3S/c1-3-14-28(15-4-1)31-19-9-10-22-36(31)41-44-42(37-24-13-23-35-34-21-11-12-25-38(34)47-40(35)37)46-43(45-41)39-32-20-8-7-18-30(32)26-27-33(39)29-16-5-2-6-17-29/h1-27H. The van der Waals surface area contributed by atoms with Gasteiger partial charge in [0.25, 0.3) is 0 Å². The summed E-state index contributed by atoms with van der Waals surface area (Å²) in [7, 11) is 0. The van der Waals surface area contributed by atoms with Crippen LogP contribution in [0.25, 0.3) is 87.4 Å². The third-order valence-corrected chi connectivity index (χ3v) is 9.99. The van der Waals surface area contributed by atoms with Crippen LogP contribution in [0.4, 0.5) is 0 Å². The maximum atomic E-state index is 5.34. The molecule has 0 N–H and O–H groups in total. The molecular weight excluding hydrogens is 591 g/mol. The Bertz CT molecular complexity index is 2570. The van der Waals surface area contributed by atoms with Gasteiger partial charge in [-0.05, 0) is 45.2 Å². The molecule has 3 nitrogen and oxygen atoms in total. The van der Waals surface area contributed by atoms with Gasteiger partial charge >= 0.3 is 0 Å². The van der Waals surface area contributed by atoms with E-state index in [1.165, 1.54) is 20.2 Å². The zero-order valence-corrected chi connectivity index (χ0v) is 26.2. The van der Waals surface area contributed by atoms with E-state index in [0.29, 0.717) is 17.5 Å². The van der Waals surface area contributed by atoms with E-state index in [0.717, 1.165) is 49.7 Å². The summed E-state index contributed by atoms with van der Waals surface area (Å²) in [5.74, 6) is 1.97. The Balaban J connectivity index is 1.38. The van der Waals surface area contributed by atoms with Crippen molar-refractivity contribution >= 4 is 42.3 Å². The first kappa shape index (κ1) is 27.3. The molecule has 0 bridgehead atoms. The van der Waals surface area contributed by atoms with Crippen molar-refractivity contribution in [2.75, 3.05) is 0 Å². The van der Waals surface area contributed by atoms with Crippen LogP contribution in [-0.4, -0.2) is 15.0 Å². The zero-order valence-electron chi connectivity index (χ0n) is 25.3. The Labute approximate surface area is 276 Å². The molecule has 0 aliphatic heterocycles. The molecule has 0 fully saturated rings. The normalized spacial score (nSPS) is 11.4. The summed E-state index contributed by atoms with van der Waals surface area (Å²) in [5.41, 5.74) is 7.38. The van der Waals surface area contributed by atoms with Crippen LogP contribution >= 0.6 is 11.3 Å². The Morgan fingerprint density at radius 3 is 1.68 bits per heavy atom. The predicted molar refractivity (Wildman–Crippen MR) is 197 cm³/mol. The third kappa shape index (κ3) is 4.78. The molecule has 0 radical (unpaired) electrons. The lowest BCUT2D eigenvalue weighted by Gasteiger charge is -2.16. The molecule has 0 aliphatic rings. The van der Waals surface area contributed by atoms with Crippen LogP contribution in [0, 0.1) is 0 Å². The molecular formula is C43H27N3S. The number of hydrogen-bond acceptors (Lipinski definition) is 4. The molecule has 2 heterocycles. The lowest BCUT2D eigenvalue weighted by molar-refractivity contribution is 1.08. The largest absolute Gasteiger partial charge is 0.208 e. The number of hydrogen-bond donors (Lipinski definition) is 0. The maximum absolute atomic E-state index is 5.34. The van der Waals surface area contributed by atoms with Crippen molar-refractivity contribution in [2.45, 2.75) is 0 Å². The van der Waals surface area contributed by atoms with Crippen LogP contribution in [-0.2, 0) is 0 Å². The van der Waals surface area contributed by atoms with Crippen molar-refractivity contribution in [1.29, 1.82) is 0 Å². The smallest absolute Gasteiger partial charge is 0.165 e. The van der Waals surface area contributed by atoms with E-state index in [1.807, 2.05) is 6.07 Å². The number of aromatic nitrogens is 3. The summed E-state index contributed by atoms with van der Waals surface area (Å²) < 4.78 is 2.42. The Morgan fingerprint density at radius 1 is 0.340 bits per heavy atom. The quantitative estimate of drug-likeness (QED) is 0.193. The van der Waals surface area contributed by atoms with Gasteiger partial charge in [-0.15, -0.1) is 11.3 Å². The van der Waals surface area contributed by atoms with E-state index in [2.05, 4.69) is 158 Å². The summed E-state index contributed by atoms with van der Waals surface area (Å²) in [6.07, 6.45) is 0. The number of thiophene rings is 1. The van der Waals surface area contributed by atoms with Gasteiger partial charge in [0.2, 0.25) is 0 Å². The topological polar surface area (TPSA) is 38.7 Å². The maximum Gasteiger partial charge on any atom is 0.165 e. The van der Waals surface area contributed by atoms with Gasteiger partial charge in [0, 0.05) is 36.9 Å². The predicted octanol–water partition coefficient (Wildman–Crippen LogP) is 11.7. The van der Waals surface area contributed by atoms with Crippen molar-refractivity contribution in [2.24, 2.45) is 0 Å². The van der Waals surface area contributed by atoms with Gasteiger partial charge in [0.15, 0.2) is 17.5 Å². The van der Waals surface area contributed by atoms with Gasteiger partial charge in [-0.25, -0.2) is 15.0 Å². The fourth-order valence-electron chi connectivity index (χ4n) is 6.57. The molecule has 9 aromatic rings. The highest BCUT2D eigenvalue weighted by atomic mass is 32.1. The molecule has 0 aliphatic carbocycles. The minimum atomic E-state index is 0.648. The minimum Gasteiger partial charge on any atom is -0.208 e. The van der Waals surface area contributed by atoms with Gasteiger partial charge in [-0.1, -0.05) is 152 Å². The summed E-state index contributed by atoms with van der Waals surface area (Å²) in [4.78, 5) is 15.9. The first-order valence-electron chi connectivity index (χ1n) is 15.7. The van der Waals surface area contributed by atoms with Gasteiger partial charge in [0.1, 0.15) is 0 Å². The molecule has 0 unspecified atom stereocenters. The summed E-state index contributed by atoms with van der Waals surface area (Å²) >= 11 is 1.79. The molecule has 0 atom stereocenters. The van der Waals surface area contributed by atoms with Crippen LogP contribution in [0.2, 0.25) is 0 Å². The van der Waals surface area contributed by atoms with Crippen molar-refractivity contribution in [3.8, 4) is 56.4 Å². The van der Waals surface area contributed by atoms with Crippen LogP contribution in [0.1, 0.15) is 0 Å². The molecule has 0 spiro atoms. The van der Waals surface area contributed by atoms with E-state index < -0.39 is 0 Å². The van der Waals surface area contributed by atoms with Crippen molar-refractivity contribution in [3.63, 3.8) is 0 Å². The highest BCUT2D eigenvalue weighted by Gasteiger charge is 2.21. The molecule has 4 heteroatoms. The first-order valence-corrected chi connectivity index (χ1v) is 16.5. The number of benzene rings is 7. The highest BCUT2D eigenvalue weighted by Crippen LogP contribution is 2.42. The first-order chi connectivity index (χ1) is 23.3. The lowest BCUT2D eigenvalue weighted by atomic mass is 9.93. The number of rotatable bonds is 5. The van der Waals surface area contributed by atoms with Crippen LogP contribution < -0.4 is 0 Å². The molecule has 9 rings (SSSR count). The van der Waals surface area contributed by atoms with Gasteiger partial charge in [-0.3, -0.25) is 0 Å².